The molecule has 0 amide bonds. The van der Waals surface area contributed by atoms with Gasteiger partial charge in [0.1, 0.15) is 6.07 Å². The number of nitriles is 1. The van der Waals surface area contributed by atoms with Crippen LogP contribution in [0, 0.1) is 21.4 Å². The molecule has 0 aromatic carbocycles. The molecule has 0 fully saturated rings. The van der Waals surface area contributed by atoms with Crippen LogP contribution in [0.1, 0.15) is 33.3 Å². The van der Waals surface area contributed by atoms with E-state index >= 15 is 0 Å². The van der Waals surface area contributed by atoms with Gasteiger partial charge in [0.15, 0.2) is 0 Å². The molecule has 102 valence electrons. The average Bonchev–Trinajstić information content (AvgIpc) is 2.27. The molecule has 0 aliphatic carbocycles. The van der Waals surface area contributed by atoms with E-state index in [-0.39, 0.29) is 17.1 Å². The van der Waals surface area contributed by atoms with E-state index in [0.29, 0.717) is 0 Å². The third kappa shape index (κ3) is 3.17. The van der Waals surface area contributed by atoms with Gasteiger partial charge >= 0.3 is 5.69 Å². The molecule has 0 aliphatic rings. The van der Waals surface area contributed by atoms with Crippen molar-refractivity contribution in [1.29, 1.82) is 5.26 Å². The highest BCUT2D eigenvalue weighted by Gasteiger charge is 2.36. The van der Waals surface area contributed by atoms with E-state index in [1.54, 1.807) is 33.8 Å². The molecule has 19 heavy (non-hydrogen) atoms. The summed E-state index contributed by atoms with van der Waals surface area (Å²) in [6.45, 7) is 6.60. The summed E-state index contributed by atoms with van der Waals surface area (Å²) >= 11 is 0. The number of aliphatic hydroxyl groups is 1. The number of anilines is 1. The monoisotopic (exact) mass is 264 g/mol. The van der Waals surface area contributed by atoms with Crippen LogP contribution in [0.15, 0.2) is 12.3 Å². The van der Waals surface area contributed by atoms with Gasteiger partial charge < -0.3 is 10.4 Å². The lowest BCUT2D eigenvalue weighted by Gasteiger charge is -2.38. The molecule has 0 radical (unpaired) electrons. The molecule has 1 rings (SSSR count). The fraction of sp³-hybridized carbons (Fsp3) is 0.500. The molecular formula is C12H16N4O3. The lowest BCUT2D eigenvalue weighted by atomic mass is 9.86. The van der Waals surface area contributed by atoms with Crippen LogP contribution in [0.2, 0.25) is 0 Å². The van der Waals surface area contributed by atoms with Crippen molar-refractivity contribution in [3.63, 3.8) is 0 Å². The van der Waals surface area contributed by atoms with Crippen LogP contribution in [0.4, 0.5) is 11.5 Å². The minimum absolute atomic E-state index is 0.0242. The van der Waals surface area contributed by atoms with Gasteiger partial charge in [0.25, 0.3) is 0 Å². The second-order valence-corrected chi connectivity index (χ2v) is 5.27. The predicted octanol–water partition coefficient (Wildman–Crippen LogP) is 1.82. The second-order valence-electron chi connectivity index (χ2n) is 5.27. The van der Waals surface area contributed by atoms with Gasteiger partial charge in [-0.3, -0.25) is 10.1 Å². The van der Waals surface area contributed by atoms with Crippen molar-refractivity contribution in [2.45, 2.75) is 38.8 Å². The van der Waals surface area contributed by atoms with Crippen molar-refractivity contribution in [3.05, 3.63) is 27.9 Å². The van der Waals surface area contributed by atoms with Crippen LogP contribution in [0.3, 0.4) is 0 Å². The Morgan fingerprint density at radius 1 is 1.47 bits per heavy atom. The van der Waals surface area contributed by atoms with E-state index in [1.165, 1.54) is 6.20 Å². The van der Waals surface area contributed by atoms with Gasteiger partial charge in [-0.05, 0) is 27.7 Å². The Morgan fingerprint density at radius 2 is 2.05 bits per heavy atom. The maximum atomic E-state index is 11.0. The lowest BCUT2D eigenvalue weighted by Crippen LogP contribution is -2.51. The van der Waals surface area contributed by atoms with Gasteiger partial charge in [0.05, 0.1) is 21.6 Å². The lowest BCUT2D eigenvalue weighted by molar-refractivity contribution is -0.384. The van der Waals surface area contributed by atoms with E-state index in [1.807, 2.05) is 0 Å². The summed E-state index contributed by atoms with van der Waals surface area (Å²) in [5.74, 6) is 0.0242. The van der Waals surface area contributed by atoms with Gasteiger partial charge in [0.2, 0.25) is 5.82 Å². The number of aromatic nitrogens is 1. The summed E-state index contributed by atoms with van der Waals surface area (Å²) in [6, 6.07) is 2.95. The smallest absolute Gasteiger partial charge is 0.312 e. The van der Waals surface area contributed by atoms with Crippen molar-refractivity contribution in [2.24, 2.45) is 0 Å². The summed E-state index contributed by atoms with van der Waals surface area (Å²) in [5, 5.41) is 32.6. The molecule has 7 heteroatoms. The predicted molar refractivity (Wildman–Crippen MR) is 69.6 cm³/mol. The normalized spacial score (nSPS) is 11.8. The highest BCUT2D eigenvalue weighted by Crippen LogP contribution is 2.30. The molecule has 0 saturated carbocycles. The quantitative estimate of drug-likeness (QED) is 0.633. The standard InChI is InChI=1S/C12H16N4O3/c1-11(2,12(3,4)17)15-10-9(16(18)19)5-8(6-13)7-14-10/h5,7,17H,1-4H3,(H,14,15). The Labute approximate surface area is 111 Å². The van der Waals surface area contributed by atoms with Gasteiger partial charge in [-0.15, -0.1) is 0 Å². The first-order valence-electron chi connectivity index (χ1n) is 5.63. The van der Waals surface area contributed by atoms with E-state index in [0.717, 1.165) is 6.07 Å². The number of nitrogens with one attached hydrogen (secondary N) is 1. The summed E-state index contributed by atoms with van der Waals surface area (Å²) in [4.78, 5) is 14.2. The minimum Gasteiger partial charge on any atom is -0.388 e. The Bertz CT molecular complexity index is 541. The Morgan fingerprint density at radius 3 is 2.47 bits per heavy atom. The molecule has 0 spiro atoms. The first-order valence-corrected chi connectivity index (χ1v) is 5.63. The molecule has 2 N–H and O–H groups in total. The number of hydrogen-bond acceptors (Lipinski definition) is 6. The Hall–Kier alpha value is -2.20. The summed E-state index contributed by atoms with van der Waals surface area (Å²) in [5.41, 5.74) is -2.13. The minimum atomic E-state index is -1.11. The number of rotatable bonds is 4. The maximum absolute atomic E-state index is 11.0. The van der Waals surface area contributed by atoms with E-state index in [9.17, 15) is 15.2 Å². The highest BCUT2D eigenvalue weighted by atomic mass is 16.6. The number of nitrogens with zero attached hydrogens (tertiary/aromatic N) is 3. The van der Waals surface area contributed by atoms with Gasteiger partial charge in [-0.25, -0.2) is 4.98 Å². The van der Waals surface area contributed by atoms with E-state index in [2.05, 4.69) is 10.3 Å². The van der Waals surface area contributed by atoms with Crippen LogP contribution in [0.5, 0.6) is 0 Å². The van der Waals surface area contributed by atoms with Gasteiger partial charge in [-0.1, -0.05) is 0 Å². The van der Waals surface area contributed by atoms with Gasteiger partial charge in [0, 0.05) is 12.3 Å². The Balaban J connectivity index is 3.23. The third-order valence-electron chi connectivity index (χ3n) is 3.15. The molecule has 7 nitrogen and oxygen atoms in total. The fourth-order valence-corrected chi connectivity index (χ4v) is 1.20. The Kier molecular flexibility index (Phi) is 3.77. The average molecular weight is 264 g/mol. The van der Waals surface area contributed by atoms with Crippen molar-refractivity contribution in [3.8, 4) is 6.07 Å². The number of hydrogen-bond donors (Lipinski definition) is 2. The van der Waals surface area contributed by atoms with Crippen LogP contribution in [-0.2, 0) is 0 Å². The van der Waals surface area contributed by atoms with Crippen molar-refractivity contribution in [2.75, 3.05) is 5.32 Å². The van der Waals surface area contributed by atoms with Crippen LogP contribution in [-0.4, -0.2) is 26.2 Å². The zero-order valence-electron chi connectivity index (χ0n) is 11.3. The van der Waals surface area contributed by atoms with Crippen LogP contribution < -0.4 is 5.32 Å². The molecule has 1 aromatic heterocycles. The molecule has 0 saturated heterocycles. The third-order valence-corrected chi connectivity index (χ3v) is 3.15. The van der Waals surface area contributed by atoms with Crippen molar-refractivity contribution in [1.82, 2.24) is 4.98 Å². The highest BCUT2D eigenvalue weighted by molar-refractivity contribution is 5.59. The molecule has 0 unspecified atom stereocenters. The molecule has 1 aromatic rings. The van der Waals surface area contributed by atoms with Crippen LogP contribution >= 0.6 is 0 Å². The number of pyridine rings is 1. The first kappa shape index (κ1) is 14.9. The van der Waals surface area contributed by atoms with Crippen LogP contribution in [0.25, 0.3) is 0 Å². The second kappa shape index (κ2) is 4.82. The first-order chi connectivity index (χ1) is 8.58. The molecule has 0 aliphatic heterocycles. The topological polar surface area (TPSA) is 112 Å². The maximum Gasteiger partial charge on any atom is 0.312 e. The SMILES string of the molecule is CC(C)(O)C(C)(C)Nc1ncc(C#N)cc1[N+](=O)[O-]. The fourth-order valence-electron chi connectivity index (χ4n) is 1.20. The zero-order valence-corrected chi connectivity index (χ0v) is 11.3. The van der Waals surface area contributed by atoms with Gasteiger partial charge in [-0.2, -0.15) is 5.26 Å². The largest absolute Gasteiger partial charge is 0.388 e. The van der Waals surface area contributed by atoms with E-state index in [4.69, 9.17) is 5.26 Å². The summed E-state index contributed by atoms with van der Waals surface area (Å²) < 4.78 is 0. The molecular weight excluding hydrogens is 248 g/mol. The molecule has 0 bridgehead atoms. The van der Waals surface area contributed by atoms with E-state index < -0.39 is 16.1 Å². The van der Waals surface area contributed by atoms with Crippen molar-refractivity contribution >= 4 is 11.5 Å². The zero-order chi connectivity index (χ0) is 14.8. The number of nitro groups is 1. The van der Waals surface area contributed by atoms with Crippen molar-refractivity contribution < 1.29 is 10.0 Å². The molecule has 1 heterocycles. The molecule has 0 atom stereocenters. The summed E-state index contributed by atoms with van der Waals surface area (Å²) in [6.07, 6.45) is 1.25. The summed E-state index contributed by atoms with van der Waals surface area (Å²) in [7, 11) is 0.